The van der Waals surface area contributed by atoms with Gasteiger partial charge in [-0.25, -0.2) is 9.97 Å². The summed E-state index contributed by atoms with van der Waals surface area (Å²) in [6, 6.07) is 3.79. The average molecular weight is 270 g/mol. The Morgan fingerprint density at radius 3 is 2.75 bits per heavy atom. The molecule has 0 amide bonds. The Kier molecular flexibility index (Phi) is 3.02. The molecule has 0 bridgehead atoms. The minimum absolute atomic E-state index is 0.243. The van der Waals surface area contributed by atoms with Gasteiger partial charge in [-0.15, -0.1) is 0 Å². The molecule has 0 aliphatic rings. The van der Waals surface area contributed by atoms with E-state index in [1.165, 1.54) is 0 Å². The van der Waals surface area contributed by atoms with Gasteiger partial charge in [-0.3, -0.25) is 4.68 Å². The summed E-state index contributed by atoms with van der Waals surface area (Å²) in [7, 11) is 1.88. The van der Waals surface area contributed by atoms with Crippen LogP contribution >= 0.6 is 0 Å². The van der Waals surface area contributed by atoms with E-state index in [9.17, 15) is 0 Å². The first-order valence-corrected chi connectivity index (χ1v) is 6.65. The summed E-state index contributed by atoms with van der Waals surface area (Å²) in [4.78, 5) is 9.09. The number of pyridine rings is 1. The molecule has 3 heterocycles. The Morgan fingerprint density at radius 1 is 1.30 bits per heavy atom. The van der Waals surface area contributed by atoms with Gasteiger partial charge in [-0.1, -0.05) is 0 Å². The van der Waals surface area contributed by atoms with Crippen LogP contribution in [0.3, 0.4) is 0 Å². The predicted molar refractivity (Wildman–Crippen MR) is 77.2 cm³/mol. The Morgan fingerprint density at radius 2 is 2.10 bits per heavy atom. The SMILES string of the molecule is CC(C)n1c(C(N)c2cnn(C)c2)nc2cccnc21. The number of hydrogen-bond acceptors (Lipinski definition) is 4. The summed E-state index contributed by atoms with van der Waals surface area (Å²) in [5, 5.41) is 4.18. The maximum Gasteiger partial charge on any atom is 0.160 e. The fourth-order valence-electron chi connectivity index (χ4n) is 2.43. The highest BCUT2D eigenvalue weighted by Crippen LogP contribution is 2.25. The van der Waals surface area contributed by atoms with Crippen molar-refractivity contribution in [3.05, 3.63) is 42.1 Å². The van der Waals surface area contributed by atoms with Crippen molar-refractivity contribution in [1.82, 2.24) is 24.3 Å². The number of rotatable bonds is 3. The Bertz CT molecular complexity index is 739. The number of hydrogen-bond donors (Lipinski definition) is 1. The highest BCUT2D eigenvalue weighted by atomic mass is 15.2. The average Bonchev–Trinajstić information content (AvgIpc) is 3.01. The predicted octanol–water partition coefficient (Wildman–Crippen LogP) is 1.79. The van der Waals surface area contributed by atoms with Gasteiger partial charge in [0.05, 0.1) is 12.2 Å². The topological polar surface area (TPSA) is 74.6 Å². The van der Waals surface area contributed by atoms with Crippen molar-refractivity contribution in [2.45, 2.75) is 25.9 Å². The maximum atomic E-state index is 6.37. The van der Waals surface area contributed by atoms with E-state index < -0.39 is 0 Å². The Balaban J connectivity index is 2.17. The van der Waals surface area contributed by atoms with Gasteiger partial charge in [0.2, 0.25) is 0 Å². The second-order valence-electron chi connectivity index (χ2n) is 5.20. The van der Waals surface area contributed by atoms with E-state index >= 15 is 0 Å². The van der Waals surface area contributed by atoms with Crippen molar-refractivity contribution in [3.8, 4) is 0 Å². The number of nitrogens with zero attached hydrogens (tertiary/aromatic N) is 5. The number of imidazole rings is 1. The summed E-state index contributed by atoms with van der Waals surface area (Å²) < 4.78 is 3.84. The van der Waals surface area contributed by atoms with Crippen LogP contribution in [0.1, 0.15) is 37.3 Å². The largest absolute Gasteiger partial charge is 0.318 e. The van der Waals surface area contributed by atoms with Gasteiger partial charge in [0.1, 0.15) is 11.3 Å². The summed E-state index contributed by atoms with van der Waals surface area (Å²) in [6.45, 7) is 4.21. The van der Waals surface area contributed by atoms with Crippen LogP contribution in [-0.2, 0) is 7.05 Å². The van der Waals surface area contributed by atoms with E-state index in [1.54, 1.807) is 17.1 Å². The molecule has 0 aliphatic carbocycles. The molecule has 3 aromatic rings. The summed E-state index contributed by atoms with van der Waals surface area (Å²) in [6.07, 6.45) is 5.48. The highest BCUT2D eigenvalue weighted by Gasteiger charge is 2.21. The molecule has 3 aromatic heterocycles. The molecule has 1 atom stereocenters. The molecule has 6 heteroatoms. The highest BCUT2D eigenvalue weighted by molar-refractivity contribution is 5.71. The van der Waals surface area contributed by atoms with Crippen molar-refractivity contribution < 1.29 is 0 Å². The number of fused-ring (bicyclic) bond motifs is 1. The molecule has 104 valence electrons. The molecule has 1 unspecified atom stereocenters. The van der Waals surface area contributed by atoms with Gasteiger partial charge in [-0.05, 0) is 26.0 Å². The molecule has 0 aliphatic heterocycles. The van der Waals surface area contributed by atoms with Crippen LogP contribution in [0.4, 0.5) is 0 Å². The van der Waals surface area contributed by atoms with E-state index in [0.717, 1.165) is 22.6 Å². The fourth-order valence-corrected chi connectivity index (χ4v) is 2.43. The molecule has 6 nitrogen and oxygen atoms in total. The van der Waals surface area contributed by atoms with Crippen LogP contribution in [0.2, 0.25) is 0 Å². The minimum atomic E-state index is -0.305. The van der Waals surface area contributed by atoms with Crippen molar-refractivity contribution in [2.24, 2.45) is 12.8 Å². The quantitative estimate of drug-likeness (QED) is 0.787. The van der Waals surface area contributed by atoms with E-state index in [-0.39, 0.29) is 12.1 Å². The second-order valence-corrected chi connectivity index (χ2v) is 5.20. The number of aryl methyl sites for hydroxylation is 1. The summed E-state index contributed by atoms with van der Waals surface area (Å²) >= 11 is 0. The molecular weight excluding hydrogens is 252 g/mol. The standard InChI is InChI=1S/C14H18N6/c1-9(2)20-13-11(5-4-6-16-13)18-14(20)12(15)10-7-17-19(3)8-10/h4-9,12H,15H2,1-3H3. The second kappa shape index (κ2) is 4.72. The Hall–Kier alpha value is -2.21. The fraction of sp³-hybridized carbons (Fsp3) is 0.357. The van der Waals surface area contributed by atoms with Gasteiger partial charge in [0.15, 0.2) is 5.65 Å². The van der Waals surface area contributed by atoms with Gasteiger partial charge in [-0.2, -0.15) is 5.10 Å². The van der Waals surface area contributed by atoms with E-state index in [4.69, 9.17) is 5.73 Å². The number of nitrogens with two attached hydrogens (primary N) is 1. The zero-order valence-electron chi connectivity index (χ0n) is 11.9. The van der Waals surface area contributed by atoms with E-state index in [2.05, 4.69) is 33.5 Å². The molecule has 0 aromatic carbocycles. The maximum absolute atomic E-state index is 6.37. The van der Waals surface area contributed by atoms with Crippen LogP contribution in [0, 0.1) is 0 Å². The van der Waals surface area contributed by atoms with Gasteiger partial charge >= 0.3 is 0 Å². The summed E-state index contributed by atoms with van der Waals surface area (Å²) in [5.74, 6) is 0.821. The molecule has 0 saturated heterocycles. The molecule has 3 rings (SSSR count). The monoisotopic (exact) mass is 270 g/mol. The smallest absolute Gasteiger partial charge is 0.160 e. The van der Waals surface area contributed by atoms with Crippen molar-refractivity contribution in [3.63, 3.8) is 0 Å². The summed E-state index contributed by atoms with van der Waals surface area (Å²) in [5.41, 5.74) is 9.06. The van der Waals surface area contributed by atoms with Crippen LogP contribution in [0.15, 0.2) is 30.7 Å². The van der Waals surface area contributed by atoms with E-state index in [1.807, 2.05) is 25.4 Å². The normalized spacial score (nSPS) is 13.2. The van der Waals surface area contributed by atoms with Crippen LogP contribution in [-0.4, -0.2) is 24.3 Å². The Labute approximate surface area is 117 Å². The van der Waals surface area contributed by atoms with Crippen LogP contribution in [0.5, 0.6) is 0 Å². The van der Waals surface area contributed by atoms with Gasteiger partial charge in [0.25, 0.3) is 0 Å². The molecule has 0 spiro atoms. The van der Waals surface area contributed by atoms with Crippen molar-refractivity contribution >= 4 is 11.2 Å². The lowest BCUT2D eigenvalue weighted by Crippen LogP contribution is -2.18. The first kappa shape index (κ1) is 12.8. The van der Waals surface area contributed by atoms with Gasteiger partial charge in [0, 0.05) is 31.0 Å². The van der Waals surface area contributed by atoms with Crippen molar-refractivity contribution in [1.29, 1.82) is 0 Å². The molecule has 2 N–H and O–H groups in total. The third-order valence-electron chi connectivity index (χ3n) is 3.35. The minimum Gasteiger partial charge on any atom is -0.318 e. The van der Waals surface area contributed by atoms with Crippen LogP contribution in [0.25, 0.3) is 11.2 Å². The molecule has 0 saturated carbocycles. The first-order valence-electron chi connectivity index (χ1n) is 6.65. The number of aromatic nitrogens is 5. The molecule has 0 fully saturated rings. The molecular formula is C14H18N6. The van der Waals surface area contributed by atoms with Crippen molar-refractivity contribution in [2.75, 3.05) is 0 Å². The third kappa shape index (κ3) is 1.98. The van der Waals surface area contributed by atoms with Gasteiger partial charge < -0.3 is 10.3 Å². The third-order valence-corrected chi connectivity index (χ3v) is 3.35. The van der Waals surface area contributed by atoms with Crippen LogP contribution < -0.4 is 5.73 Å². The lowest BCUT2D eigenvalue weighted by Gasteiger charge is -2.16. The zero-order valence-corrected chi connectivity index (χ0v) is 11.9. The zero-order chi connectivity index (χ0) is 14.3. The lowest BCUT2D eigenvalue weighted by molar-refractivity contribution is 0.563. The molecule has 0 radical (unpaired) electrons. The lowest BCUT2D eigenvalue weighted by atomic mass is 10.1. The first-order chi connectivity index (χ1) is 9.58. The molecule has 20 heavy (non-hydrogen) atoms. The van der Waals surface area contributed by atoms with E-state index in [0.29, 0.717) is 0 Å².